The number of hydrogen-bond acceptors (Lipinski definition) is 4. The van der Waals surface area contributed by atoms with E-state index >= 15 is 0 Å². The average molecular weight is 423 g/mol. The quantitative estimate of drug-likeness (QED) is 0.726. The van der Waals surface area contributed by atoms with Gasteiger partial charge in [-0.2, -0.15) is 0 Å². The van der Waals surface area contributed by atoms with Crippen LogP contribution in [0.25, 0.3) is 0 Å². The molecule has 0 saturated heterocycles. The van der Waals surface area contributed by atoms with E-state index in [4.69, 9.17) is 0 Å². The first-order valence-corrected chi connectivity index (χ1v) is 10.8. The molecule has 1 heterocycles. The van der Waals surface area contributed by atoms with Gasteiger partial charge in [0.2, 0.25) is 0 Å². The van der Waals surface area contributed by atoms with E-state index in [1.54, 1.807) is 0 Å². The summed E-state index contributed by atoms with van der Waals surface area (Å²) in [6, 6.07) is 10.5. The van der Waals surface area contributed by atoms with Gasteiger partial charge in [0.15, 0.2) is 0 Å². The summed E-state index contributed by atoms with van der Waals surface area (Å²) < 4.78 is 0. The lowest BCUT2D eigenvalue weighted by Gasteiger charge is -2.30. The van der Waals surface area contributed by atoms with Crippen molar-refractivity contribution in [1.82, 2.24) is 10.2 Å². The van der Waals surface area contributed by atoms with Crippen molar-refractivity contribution in [2.45, 2.75) is 39.7 Å². The minimum absolute atomic E-state index is 0.0165. The monoisotopic (exact) mass is 422 g/mol. The molecule has 0 aliphatic carbocycles. The largest absolute Gasteiger partial charge is 0.374 e. The summed E-state index contributed by atoms with van der Waals surface area (Å²) in [5.74, 6) is -1.26. The molecule has 0 bridgehead atoms. The van der Waals surface area contributed by atoms with Crippen LogP contribution in [-0.2, 0) is 16.0 Å². The number of carbonyl (C=O) groups is 2. The highest BCUT2D eigenvalue weighted by molar-refractivity contribution is 6.39. The molecule has 1 atom stereocenters. The van der Waals surface area contributed by atoms with E-state index in [2.05, 4.69) is 45.7 Å². The van der Waals surface area contributed by atoms with E-state index in [9.17, 15) is 9.59 Å². The number of hydrogen-bond donors (Lipinski definition) is 2. The summed E-state index contributed by atoms with van der Waals surface area (Å²) in [6.45, 7) is 7.32. The Kier molecular flexibility index (Phi) is 7.01. The Hall–Kier alpha value is -2.86. The molecule has 0 radical (unpaired) electrons. The molecule has 1 unspecified atom stereocenters. The molecular formula is C25H34N4O2. The minimum Gasteiger partial charge on any atom is -0.374 e. The zero-order valence-electron chi connectivity index (χ0n) is 19.5. The molecule has 2 aromatic carbocycles. The number of fused-ring (bicyclic) bond motifs is 1. The van der Waals surface area contributed by atoms with Crippen LogP contribution < -0.4 is 15.5 Å². The minimum atomic E-state index is -0.639. The van der Waals surface area contributed by atoms with E-state index in [0.29, 0.717) is 12.2 Å². The summed E-state index contributed by atoms with van der Waals surface area (Å²) in [5.41, 5.74) is 7.49. The first-order chi connectivity index (χ1) is 14.7. The number of amides is 2. The van der Waals surface area contributed by atoms with Crippen molar-refractivity contribution in [3.63, 3.8) is 0 Å². The van der Waals surface area contributed by atoms with Gasteiger partial charge in [-0.05, 0) is 76.0 Å². The number of likely N-dealkylation sites (N-methyl/N-ethyl adjacent to an activating group) is 1. The van der Waals surface area contributed by atoms with E-state index in [1.165, 1.54) is 11.3 Å². The van der Waals surface area contributed by atoms with Gasteiger partial charge >= 0.3 is 11.8 Å². The van der Waals surface area contributed by atoms with Crippen molar-refractivity contribution in [2.24, 2.45) is 0 Å². The van der Waals surface area contributed by atoms with Crippen molar-refractivity contribution < 1.29 is 9.59 Å². The highest BCUT2D eigenvalue weighted by atomic mass is 16.2. The number of benzene rings is 2. The van der Waals surface area contributed by atoms with Crippen LogP contribution in [0.15, 0.2) is 30.3 Å². The number of rotatable bonds is 5. The second kappa shape index (κ2) is 9.52. The maximum absolute atomic E-state index is 12.5. The first kappa shape index (κ1) is 22.8. The van der Waals surface area contributed by atoms with Gasteiger partial charge in [-0.3, -0.25) is 9.59 Å². The Morgan fingerprint density at radius 1 is 1.06 bits per heavy atom. The van der Waals surface area contributed by atoms with E-state index in [-0.39, 0.29) is 6.04 Å². The number of aryl methyl sites for hydroxylation is 4. The third-order valence-electron chi connectivity index (χ3n) is 6.04. The summed E-state index contributed by atoms with van der Waals surface area (Å²) in [5, 5.41) is 5.59. The molecule has 2 amide bonds. The van der Waals surface area contributed by atoms with Crippen LogP contribution in [0.3, 0.4) is 0 Å². The predicted octanol–water partition coefficient (Wildman–Crippen LogP) is 3.35. The van der Waals surface area contributed by atoms with Crippen molar-refractivity contribution in [3.05, 3.63) is 58.1 Å². The lowest BCUT2D eigenvalue weighted by molar-refractivity contribution is -0.136. The standard InChI is InChI=1S/C25H34N4O2/c1-16-12-17(2)23(18(3)13-16)27-25(31)24(30)26-15-22(28(4)5)20-9-10-21-19(14-20)8-7-11-29(21)6/h9-10,12-14,22H,7-8,11,15H2,1-6H3,(H,26,30)(H,27,31). The zero-order chi connectivity index (χ0) is 22.7. The van der Waals surface area contributed by atoms with E-state index in [0.717, 1.165) is 41.6 Å². The molecular weight excluding hydrogens is 388 g/mol. The van der Waals surface area contributed by atoms with E-state index in [1.807, 2.05) is 47.0 Å². The molecule has 0 saturated carbocycles. The lowest BCUT2D eigenvalue weighted by atomic mass is 9.96. The second-order valence-electron chi connectivity index (χ2n) is 8.83. The molecule has 6 nitrogen and oxygen atoms in total. The van der Waals surface area contributed by atoms with Crippen LogP contribution in [0.4, 0.5) is 11.4 Å². The van der Waals surface area contributed by atoms with Crippen LogP contribution >= 0.6 is 0 Å². The normalized spacial score (nSPS) is 14.2. The van der Waals surface area contributed by atoms with Crippen LogP contribution in [0.1, 0.15) is 40.3 Å². The molecule has 0 aromatic heterocycles. The Morgan fingerprint density at radius 2 is 1.74 bits per heavy atom. The van der Waals surface area contributed by atoms with Crippen molar-refractivity contribution in [3.8, 4) is 0 Å². The molecule has 166 valence electrons. The van der Waals surface area contributed by atoms with Gasteiger partial charge in [-0.25, -0.2) is 0 Å². The zero-order valence-corrected chi connectivity index (χ0v) is 19.5. The summed E-state index contributed by atoms with van der Waals surface area (Å²) in [7, 11) is 6.10. The first-order valence-electron chi connectivity index (χ1n) is 10.8. The highest BCUT2D eigenvalue weighted by Gasteiger charge is 2.22. The van der Waals surface area contributed by atoms with Gasteiger partial charge in [0.05, 0.1) is 6.04 Å². The van der Waals surface area contributed by atoms with E-state index < -0.39 is 11.8 Å². The van der Waals surface area contributed by atoms with Gasteiger partial charge in [0.25, 0.3) is 0 Å². The maximum Gasteiger partial charge on any atom is 0.313 e. The van der Waals surface area contributed by atoms with Crippen LogP contribution in [0.2, 0.25) is 0 Å². The Balaban J connectivity index is 1.68. The third-order valence-corrected chi connectivity index (χ3v) is 6.04. The van der Waals surface area contributed by atoms with Crippen molar-refractivity contribution in [1.29, 1.82) is 0 Å². The molecule has 0 fully saturated rings. The second-order valence-corrected chi connectivity index (χ2v) is 8.83. The molecule has 31 heavy (non-hydrogen) atoms. The predicted molar refractivity (Wildman–Crippen MR) is 127 cm³/mol. The number of anilines is 2. The fourth-order valence-electron chi connectivity index (χ4n) is 4.43. The number of nitrogens with one attached hydrogen (secondary N) is 2. The van der Waals surface area contributed by atoms with Crippen LogP contribution in [0, 0.1) is 20.8 Å². The molecule has 3 rings (SSSR count). The third kappa shape index (κ3) is 5.25. The van der Waals surface area contributed by atoms with Crippen LogP contribution in [-0.4, -0.2) is 50.9 Å². The van der Waals surface area contributed by atoms with Gasteiger partial charge in [-0.1, -0.05) is 29.8 Å². The molecule has 0 spiro atoms. The summed E-state index contributed by atoms with van der Waals surface area (Å²) >= 11 is 0. The Morgan fingerprint density at radius 3 is 2.39 bits per heavy atom. The van der Waals surface area contributed by atoms with Crippen molar-refractivity contribution >= 4 is 23.2 Å². The molecule has 1 aliphatic heterocycles. The molecule has 6 heteroatoms. The Labute approximate surface area is 185 Å². The van der Waals surface area contributed by atoms with Crippen molar-refractivity contribution in [2.75, 3.05) is 44.4 Å². The average Bonchev–Trinajstić information content (AvgIpc) is 2.70. The smallest absolute Gasteiger partial charge is 0.313 e. The maximum atomic E-state index is 12.5. The molecule has 2 N–H and O–H groups in total. The molecule has 1 aliphatic rings. The lowest BCUT2D eigenvalue weighted by Crippen LogP contribution is -2.40. The van der Waals surface area contributed by atoms with Gasteiger partial charge in [-0.15, -0.1) is 0 Å². The Bertz CT molecular complexity index is 960. The number of carbonyl (C=O) groups excluding carboxylic acids is 2. The fraction of sp³-hybridized carbons (Fsp3) is 0.440. The fourth-order valence-corrected chi connectivity index (χ4v) is 4.43. The summed E-state index contributed by atoms with van der Waals surface area (Å²) in [6.07, 6.45) is 2.21. The van der Waals surface area contributed by atoms with Gasteiger partial charge < -0.3 is 20.4 Å². The molecule has 2 aromatic rings. The topological polar surface area (TPSA) is 64.7 Å². The SMILES string of the molecule is Cc1cc(C)c(NC(=O)C(=O)NCC(c2ccc3c(c2)CCCN3C)N(C)C)c(C)c1. The number of nitrogens with zero attached hydrogens (tertiary/aromatic N) is 2. The van der Waals surface area contributed by atoms with Gasteiger partial charge in [0.1, 0.15) is 0 Å². The van der Waals surface area contributed by atoms with Crippen LogP contribution in [0.5, 0.6) is 0 Å². The summed E-state index contributed by atoms with van der Waals surface area (Å²) in [4.78, 5) is 29.4. The van der Waals surface area contributed by atoms with Gasteiger partial charge in [0, 0.05) is 31.5 Å². The highest BCUT2D eigenvalue weighted by Crippen LogP contribution is 2.30.